The van der Waals surface area contributed by atoms with Crippen molar-refractivity contribution in [2.24, 2.45) is 5.92 Å². The standard InChI is InChI=1S/C33H48O/c1-4-7-10-11-12-18-33(34)28-20-22-32-30(24-28)25-29-23-27(19-21-31(29)32)17-13-16-26(14-8-5-2)15-9-6-3/h19-24,26H,4-18,25H2,1-3H3. The van der Waals surface area contributed by atoms with Gasteiger partial charge in [0.1, 0.15) is 0 Å². The van der Waals surface area contributed by atoms with Gasteiger partial charge in [-0.25, -0.2) is 0 Å². The summed E-state index contributed by atoms with van der Waals surface area (Å²) in [7, 11) is 0. The molecule has 1 aliphatic rings. The summed E-state index contributed by atoms with van der Waals surface area (Å²) in [6, 6.07) is 13.5. The van der Waals surface area contributed by atoms with Gasteiger partial charge < -0.3 is 0 Å². The highest BCUT2D eigenvalue weighted by molar-refractivity contribution is 5.97. The van der Waals surface area contributed by atoms with Crippen molar-refractivity contribution in [1.29, 1.82) is 0 Å². The zero-order valence-electron chi connectivity index (χ0n) is 22.3. The monoisotopic (exact) mass is 460 g/mol. The summed E-state index contributed by atoms with van der Waals surface area (Å²) in [5.74, 6) is 1.23. The molecule has 0 fully saturated rings. The summed E-state index contributed by atoms with van der Waals surface area (Å²) in [5.41, 5.74) is 7.89. The minimum Gasteiger partial charge on any atom is -0.294 e. The number of hydrogen-bond acceptors (Lipinski definition) is 1. The van der Waals surface area contributed by atoms with E-state index in [0.29, 0.717) is 12.2 Å². The maximum atomic E-state index is 12.7. The fourth-order valence-electron chi connectivity index (χ4n) is 5.64. The fourth-order valence-corrected chi connectivity index (χ4v) is 5.64. The SMILES string of the molecule is CCCCCCCC(=O)c1ccc2c(c1)Cc1cc(CCCC(CCCC)CCCC)ccc1-2. The second kappa shape index (κ2) is 14.5. The molecule has 0 radical (unpaired) electrons. The summed E-state index contributed by atoms with van der Waals surface area (Å²) in [6.07, 6.45) is 19.8. The van der Waals surface area contributed by atoms with Crippen LogP contribution >= 0.6 is 0 Å². The van der Waals surface area contributed by atoms with E-state index < -0.39 is 0 Å². The third kappa shape index (κ3) is 7.82. The van der Waals surface area contributed by atoms with Crippen LogP contribution in [0.3, 0.4) is 0 Å². The molecule has 0 aromatic heterocycles. The minimum atomic E-state index is 0.316. The average Bonchev–Trinajstić information content (AvgIpc) is 3.22. The molecule has 0 saturated carbocycles. The molecule has 0 atom stereocenters. The van der Waals surface area contributed by atoms with Crippen molar-refractivity contribution in [3.63, 3.8) is 0 Å². The van der Waals surface area contributed by atoms with Crippen molar-refractivity contribution < 1.29 is 4.79 Å². The summed E-state index contributed by atoms with van der Waals surface area (Å²) < 4.78 is 0. The fraction of sp³-hybridized carbons (Fsp3) is 0.606. The number of hydrogen-bond donors (Lipinski definition) is 0. The molecule has 186 valence electrons. The first-order valence-electron chi connectivity index (χ1n) is 14.4. The minimum absolute atomic E-state index is 0.316. The molecule has 0 N–H and O–H groups in total. The normalized spacial score (nSPS) is 12.2. The Morgan fingerprint density at radius 2 is 1.32 bits per heavy atom. The van der Waals surface area contributed by atoms with Crippen LogP contribution in [0.2, 0.25) is 0 Å². The van der Waals surface area contributed by atoms with Crippen molar-refractivity contribution in [1.82, 2.24) is 0 Å². The second-order valence-corrected chi connectivity index (χ2v) is 10.7. The first kappa shape index (κ1) is 26.7. The molecule has 0 bridgehead atoms. The molecule has 0 amide bonds. The number of ketones is 1. The largest absolute Gasteiger partial charge is 0.294 e. The molecule has 1 nitrogen and oxygen atoms in total. The van der Waals surface area contributed by atoms with Gasteiger partial charge in [-0.05, 0) is 65.5 Å². The number of Topliss-reactive ketones (excluding diaryl/α,β-unsaturated/α-hetero) is 1. The van der Waals surface area contributed by atoms with Gasteiger partial charge >= 0.3 is 0 Å². The predicted octanol–water partition coefficient (Wildman–Crippen LogP) is 10.1. The number of rotatable bonds is 17. The van der Waals surface area contributed by atoms with Crippen LogP contribution in [0, 0.1) is 5.92 Å². The highest BCUT2D eigenvalue weighted by atomic mass is 16.1. The molecule has 3 rings (SSSR count). The van der Waals surface area contributed by atoms with Crippen LogP contribution in [-0.4, -0.2) is 5.78 Å². The molecule has 0 unspecified atom stereocenters. The van der Waals surface area contributed by atoms with E-state index >= 15 is 0 Å². The number of aryl methyl sites for hydroxylation is 1. The number of carbonyl (C=O) groups excluding carboxylic acids is 1. The molecular weight excluding hydrogens is 412 g/mol. The van der Waals surface area contributed by atoms with Crippen molar-refractivity contribution in [2.45, 2.75) is 124 Å². The number of unbranched alkanes of at least 4 members (excludes halogenated alkanes) is 6. The second-order valence-electron chi connectivity index (χ2n) is 10.7. The van der Waals surface area contributed by atoms with E-state index in [2.05, 4.69) is 57.2 Å². The topological polar surface area (TPSA) is 17.1 Å². The van der Waals surface area contributed by atoms with Gasteiger partial charge in [0.15, 0.2) is 5.78 Å². The zero-order chi connectivity index (χ0) is 24.2. The predicted molar refractivity (Wildman–Crippen MR) is 148 cm³/mol. The Labute approximate surface area is 209 Å². The van der Waals surface area contributed by atoms with E-state index in [-0.39, 0.29) is 0 Å². The third-order valence-electron chi connectivity index (χ3n) is 7.79. The summed E-state index contributed by atoms with van der Waals surface area (Å²) >= 11 is 0. The highest BCUT2D eigenvalue weighted by Gasteiger charge is 2.20. The number of fused-ring (bicyclic) bond motifs is 3. The first-order chi connectivity index (χ1) is 16.7. The smallest absolute Gasteiger partial charge is 0.162 e. The summed E-state index contributed by atoms with van der Waals surface area (Å²) in [5, 5.41) is 0. The number of carbonyl (C=O) groups is 1. The first-order valence-corrected chi connectivity index (χ1v) is 14.4. The van der Waals surface area contributed by atoms with E-state index in [4.69, 9.17) is 0 Å². The van der Waals surface area contributed by atoms with E-state index in [1.54, 1.807) is 0 Å². The van der Waals surface area contributed by atoms with Crippen LogP contribution in [0.25, 0.3) is 11.1 Å². The summed E-state index contributed by atoms with van der Waals surface area (Å²) in [4.78, 5) is 12.7. The Kier molecular flexibility index (Phi) is 11.4. The van der Waals surface area contributed by atoms with Gasteiger partial charge in [0.05, 0.1) is 0 Å². The summed E-state index contributed by atoms with van der Waals surface area (Å²) in [6.45, 7) is 6.86. The molecule has 0 saturated heterocycles. The lowest BCUT2D eigenvalue weighted by Gasteiger charge is -2.16. The Bertz CT molecular complexity index is 885. The lowest BCUT2D eigenvalue weighted by molar-refractivity contribution is 0.0979. The molecule has 2 aromatic rings. The Morgan fingerprint density at radius 1 is 0.706 bits per heavy atom. The average molecular weight is 461 g/mol. The van der Waals surface area contributed by atoms with Crippen LogP contribution < -0.4 is 0 Å². The lowest BCUT2D eigenvalue weighted by atomic mass is 9.90. The van der Waals surface area contributed by atoms with Crippen LogP contribution in [-0.2, 0) is 12.8 Å². The molecule has 0 aliphatic heterocycles. The molecule has 1 aliphatic carbocycles. The van der Waals surface area contributed by atoms with Gasteiger partial charge in [-0.3, -0.25) is 4.79 Å². The third-order valence-corrected chi connectivity index (χ3v) is 7.79. The van der Waals surface area contributed by atoms with E-state index in [1.165, 1.54) is 111 Å². The van der Waals surface area contributed by atoms with Crippen molar-refractivity contribution >= 4 is 5.78 Å². The molecular formula is C33H48O. The Hall–Kier alpha value is -1.89. The van der Waals surface area contributed by atoms with Crippen molar-refractivity contribution in [3.05, 3.63) is 58.7 Å². The maximum absolute atomic E-state index is 12.7. The van der Waals surface area contributed by atoms with Crippen LogP contribution in [0.15, 0.2) is 36.4 Å². The molecule has 2 aromatic carbocycles. The van der Waals surface area contributed by atoms with E-state index in [1.807, 2.05) is 0 Å². The van der Waals surface area contributed by atoms with Gasteiger partial charge in [-0.1, -0.05) is 122 Å². The molecule has 0 heterocycles. The zero-order valence-corrected chi connectivity index (χ0v) is 22.3. The van der Waals surface area contributed by atoms with E-state index in [9.17, 15) is 4.79 Å². The van der Waals surface area contributed by atoms with Crippen LogP contribution in [0.1, 0.15) is 138 Å². The van der Waals surface area contributed by atoms with Crippen LogP contribution in [0.5, 0.6) is 0 Å². The number of benzene rings is 2. The molecule has 34 heavy (non-hydrogen) atoms. The van der Waals surface area contributed by atoms with E-state index in [0.717, 1.165) is 24.3 Å². The van der Waals surface area contributed by atoms with Crippen molar-refractivity contribution in [3.8, 4) is 11.1 Å². The highest BCUT2D eigenvalue weighted by Crippen LogP contribution is 2.38. The molecule has 0 spiro atoms. The molecule has 1 heteroatoms. The Balaban J connectivity index is 1.53. The Morgan fingerprint density at radius 3 is 2.03 bits per heavy atom. The van der Waals surface area contributed by atoms with Gasteiger partial charge in [-0.15, -0.1) is 0 Å². The van der Waals surface area contributed by atoms with Gasteiger partial charge in [0, 0.05) is 12.0 Å². The van der Waals surface area contributed by atoms with Crippen LogP contribution in [0.4, 0.5) is 0 Å². The van der Waals surface area contributed by atoms with Gasteiger partial charge in [0.25, 0.3) is 0 Å². The maximum Gasteiger partial charge on any atom is 0.162 e. The van der Waals surface area contributed by atoms with Gasteiger partial charge in [-0.2, -0.15) is 0 Å². The quantitative estimate of drug-likeness (QED) is 0.145. The van der Waals surface area contributed by atoms with Crippen molar-refractivity contribution in [2.75, 3.05) is 0 Å². The van der Waals surface area contributed by atoms with Gasteiger partial charge in [0.2, 0.25) is 0 Å². The lowest BCUT2D eigenvalue weighted by Crippen LogP contribution is -2.02.